The Morgan fingerprint density at radius 3 is 2.36 bits per heavy atom. The Morgan fingerprint density at radius 1 is 1.43 bits per heavy atom. The fourth-order valence-electron chi connectivity index (χ4n) is 1.97. The number of nitrogens with two attached hydrogens (primary N) is 2. The molecule has 0 heterocycles. The number of sulfone groups is 1. The van der Waals surface area contributed by atoms with Crippen LogP contribution in [0.3, 0.4) is 0 Å². The molecule has 6 heteroatoms. The van der Waals surface area contributed by atoms with Gasteiger partial charge in [0.15, 0.2) is 9.84 Å². The number of amides is 1. The van der Waals surface area contributed by atoms with Crippen LogP contribution in [0.5, 0.6) is 0 Å². The molecule has 1 aliphatic rings. The van der Waals surface area contributed by atoms with Gasteiger partial charge in [0.1, 0.15) is 5.75 Å². The first-order valence-electron chi connectivity index (χ1n) is 4.60. The largest absolute Gasteiger partial charge is 0.369 e. The quantitative estimate of drug-likeness (QED) is 0.637. The molecule has 0 radical (unpaired) electrons. The molecule has 1 fully saturated rings. The Bertz CT molecular complexity index is 325. The van der Waals surface area contributed by atoms with Crippen LogP contribution in [0.25, 0.3) is 0 Å². The zero-order valence-electron chi connectivity index (χ0n) is 8.14. The Morgan fingerprint density at radius 2 is 2.00 bits per heavy atom. The van der Waals surface area contributed by atoms with E-state index >= 15 is 0 Å². The van der Waals surface area contributed by atoms with Gasteiger partial charge in [-0.05, 0) is 18.8 Å². The number of carbonyl (C=O) groups is 1. The maximum Gasteiger partial charge on any atom is 0.232 e. The first-order valence-corrected chi connectivity index (χ1v) is 6.31. The van der Waals surface area contributed by atoms with Gasteiger partial charge in [-0.25, -0.2) is 8.42 Å². The lowest BCUT2D eigenvalue weighted by Gasteiger charge is -2.17. The summed E-state index contributed by atoms with van der Waals surface area (Å²) in [7, 11) is -3.40. The number of hydrogen-bond acceptors (Lipinski definition) is 4. The smallest absolute Gasteiger partial charge is 0.232 e. The average Bonchev–Trinajstić information content (AvgIpc) is 2.30. The van der Waals surface area contributed by atoms with Gasteiger partial charge >= 0.3 is 0 Å². The van der Waals surface area contributed by atoms with E-state index in [0.717, 1.165) is 0 Å². The lowest BCUT2D eigenvalue weighted by molar-refractivity contribution is -0.115. The summed E-state index contributed by atoms with van der Waals surface area (Å²) in [5.41, 5.74) is 10.6. The van der Waals surface area contributed by atoms with Crippen LogP contribution in [0.15, 0.2) is 0 Å². The van der Waals surface area contributed by atoms with E-state index in [1.54, 1.807) is 6.92 Å². The van der Waals surface area contributed by atoms with Gasteiger partial charge in [0.25, 0.3) is 0 Å². The lowest BCUT2D eigenvalue weighted by Crippen LogP contribution is -2.36. The predicted octanol–water partition coefficient (Wildman–Crippen LogP) is -0.988. The molecule has 0 aromatic carbocycles. The van der Waals surface area contributed by atoms with Crippen molar-refractivity contribution in [1.29, 1.82) is 0 Å². The van der Waals surface area contributed by atoms with Gasteiger partial charge in [-0.1, -0.05) is 6.92 Å². The molecule has 82 valence electrons. The second kappa shape index (κ2) is 3.86. The summed E-state index contributed by atoms with van der Waals surface area (Å²) in [5, 5.41) is -0.495. The van der Waals surface area contributed by atoms with Crippen molar-refractivity contribution in [1.82, 2.24) is 0 Å². The van der Waals surface area contributed by atoms with E-state index in [9.17, 15) is 13.2 Å². The summed E-state index contributed by atoms with van der Waals surface area (Å²) >= 11 is 0. The van der Waals surface area contributed by atoms with Gasteiger partial charge < -0.3 is 11.5 Å². The highest BCUT2D eigenvalue weighted by atomic mass is 32.2. The maximum atomic E-state index is 11.6. The van der Waals surface area contributed by atoms with E-state index in [0.29, 0.717) is 12.8 Å². The third kappa shape index (κ3) is 2.24. The third-order valence-corrected chi connectivity index (χ3v) is 5.13. The van der Waals surface area contributed by atoms with Crippen LogP contribution in [0.1, 0.15) is 19.8 Å². The molecule has 1 rings (SSSR count). The summed E-state index contributed by atoms with van der Waals surface area (Å²) < 4.78 is 23.3. The molecule has 4 N–H and O–H groups in total. The van der Waals surface area contributed by atoms with Crippen molar-refractivity contribution in [3.05, 3.63) is 0 Å². The molecule has 0 saturated heterocycles. The van der Waals surface area contributed by atoms with Crippen LogP contribution in [0.2, 0.25) is 0 Å². The highest BCUT2D eigenvalue weighted by Gasteiger charge is 2.39. The van der Waals surface area contributed by atoms with Crippen LogP contribution in [-0.4, -0.2) is 31.4 Å². The monoisotopic (exact) mass is 220 g/mol. The zero-order chi connectivity index (χ0) is 10.9. The highest BCUT2D eigenvalue weighted by Crippen LogP contribution is 2.30. The standard InChI is InChI=1S/C8H16N2O3S/c1-5-6(9)2-3-7(5)14(12,13)4-8(10)11/h5-7H,2-4,9H2,1H3,(H2,10,11). The molecule has 0 aromatic rings. The second-order valence-electron chi connectivity index (χ2n) is 3.91. The summed E-state index contributed by atoms with van der Waals surface area (Å²) in [6.45, 7) is 1.81. The summed E-state index contributed by atoms with van der Waals surface area (Å²) in [4.78, 5) is 10.6. The molecule has 1 saturated carbocycles. The van der Waals surface area contributed by atoms with E-state index in [4.69, 9.17) is 11.5 Å². The summed E-state index contributed by atoms with van der Waals surface area (Å²) in [6.07, 6.45) is 1.24. The van der Waals surface area contributed by atoms with E-state index in [2.05, 4.69) is 0 Å². The summed E-state index contributed by atoms with van der Waals surface area (Å²) in [5.74, 6) is -1.44. The molecule has 0 bridgehead atoms. The Hall–Kier alpha value is -0.620. The second-order valence-corrected chi connectivity index (χ2v) is 6.13. The van der Waals surface area contributed by atoms with E-state index in [1.165, 1.54) is 0 Å². The van der Waals surface area contributed by atoms with Crippen LogP contribution in [0, 0.1) is 5.92 Å². The van der Waals surface area contributed by atoms with Gasteiger partial charge in [-0.15, -0.1) is 0 Å². The van der Waals surface area contributed by atoms with Crippen molar-refractivity contribution in [2.45, 2.75) is 31.1 Å². The molecule has 3 atom stereocenters. The fraction of sp³-hybridized carbons (Fsp3) is 0.875. The third-order valence-electron chi connectivity index (χ3n) is 2.85. The predicted molar refractivity (Wildman–Crippen MR) is 53.1 cm³/mol. The van der Waals surface area contributed by atoms with Gasteiger partial charge in [-0.3, -0.25) is 4.79 Å². The van der Waals surface area contributed by atoms with Crippen molar-refractivity contribution < 1.29 is 13.2 Å². The van der Waals surface area contributed by atoms with Crippen LogP contribution < -0.4 is 11.5 Å². The average molecular weight is 220 g/mol. The number of primary amides is 1. The summed E-state index contributed by atoms with van der Waals surface area (Å²) in [6, 6.07) is -0.0809. The van der Waals surface area contributed by atoms with E-state index < -0.39 is 26.7 Å². The molecule has 14 heavy (non-hydrogen) atoms. The number of rotatable bonds is 3. The Labute approximate surface area is 83.8 Å². The maximum absolute atomic E-state index is 11.6. The highest BCUT2D eigenvalue weighted by molar-refractivity contribution is 7.92. The minimum absolute atomic E-state index is 0.0809. The first-order chi connectivity index (χ1) is 6.34. The van der Waals surface area contributed by atoms with Gasteiger partial charge in [-0.2, -0.15) is 0 Å². The number of carbonyl (C=O) groups excluding carboxylic acids is 1. The van der Waals surface area contributed by atoms with Crippen LogP contribution in [-0.2, 0) is 14.6 Å². The zero-order valence-corrected chi connectivity index (χ0v) is 8.96. The van der Waals surface area contributed by atoms with Crippen molar-refractivity contribution in [2.24, 2.45) is 17.4 Å². The van der Waals surface area contributed by atoms with E-state index in [1.807, 2.05) is 0 Å². The van der Waals surface area contributed by atoms with E-state index in [-0.39, 0.29) is 12.0 Å². The molecular formula is C8H16N2O3S. The Balaban J connectivity index is 2.79. The Kier molecular flexibility index (Phi) is 3.16. The van der Waals surface area contributed by atoms with Gasteiger partial charge in [0.05, 0.1) is 5.25 Å². The molecule has 0 aliphatic heterocycles. The minimum atomic E-state index is -3.40. The van der Waals surface area contributed by atoms with Gasteiger partial charge in [0.2, 0.25) is 5.91 Å². The minimum Gasteiger partial charge on any atom is -0.369 e. The lowest BCUT2D eigenvalue weighted by atomic mass is 10.1. The first kappa shape index (κ1) is 11.5. The van der Waals surface area contributed by atoms with Gasteiger partial charge in [0, 0.05) is 6.04 Å². The topological polar surface area (TPSA) is 103 Å². The van der Waals surface area contributed by atoms with Crippen molar-refractivity contribution in [3.63, 3.8) is 0 Å². The van der Waals surface area contributed by atoms with Crippen LogP contribution >= 0.6 is 0 Å². The SMILES string of the molecule is CC1C(N)CCC1S(=O)(=O)CC(N)=O. The van der Waals surface area contributed by atoms with Crippen LogP contribution in [0.4, 0.5) is 0 Å². The van der Waals surface area contributed by atoms with Crippen molar-refractivity contribution in [3.8, 4) is 0 Å². The molecule has 0 spiro atoms. The number of hydrogen-bond donors (Lipinski definition) is 2. The molecule has 1 aliphatic carbocycles. The molecule has 3 unspecified atom stereocenters. The normalized spacial score (nSPS) is 33.1. The fourth-order valence-corrected chi connectivity index (χ4v) is 3.93. The van der Waals surface area contributed by atoms with Crippen molar-refractivity contribution >= 4 is 15.7 Å². The molecule has 5 nitrogen and oxygen atoms in total. The van der Waals surface area contributed by atoms with Crippen molar-refractivity contribution in [2.75, 3.05) is 5.75 Å². The molecule has 1 amide bonds. The molecular weight excluding hydrogens is 204 g/mol. The molecule has 0 aromatic heterocycles.